The number of carbonyl (C=O) groups is 1. The monoisotopic (exact) mass is 307 g/mol. The number of amides is 1. The largest absolute Gasteiger partial charge is 0.444 e. The van der Waals surface area contributed by atoms with Crippen LogP contribution in [0.5, 0.6) is 0 Å². The summed E-state index contributed by atoms with van der Waals surface area (Å²) in [5.41, 5.74) is 0.365. The first-order valence-electron chi connectivity index (χ1n) is 7.36. The highest BCUT2D eigenvalue weighted by atomic mass is 19.1. The van der Waals surface area contributed by atoms with Crippen LogP contribution in [0.1, 0.15) is 18.9 Å². The highest BCUT2D eigenvalue weighted by Crippen LogP contribution is 2.12. The van der Waals surface area contributed by atoms with E-state index < -0.39 is 6.09 Å². The van der Waals surface area contributed by atoms with Crippen molar-refractivity contribution in [1.29, 1.82) is 0 Å². The Bertz CT molecular complexity index is 516. The Morgan fingerprint density at radius 2 is 2.00 bits per heavy atom. The molecule has 119 valence electrons. The summed E-state index contributed by atoms with van der Waals surface area (Å²) in [6.45, 7) is 4.37. The van der Waals surface area contributed by atoms with Crippen molar-refractivity contribution in [3.8, 4) is 0 Å². The summed E-state index contributed by atoms with van der Waals surface area (Å²) in [5, 5.41) is 0. The number of rotatable bonds is 5. The molecule has 1 radical (unpaired) electrons. The van der Waals surface area contributed by atoms with Crippen LogP contribution in [-0.4, -0.2) is 54.4 Å². The van der Waals surface area contributed by atoms with Crippen LogP contribution in [0.2, 0.25) is 0 Å². The van der Waals surface area contributed by atoms with E-state index in [1.165, 1.54) is 6.07 Å². The molecular weight excluding hydrogens is 287 g/mol. The van der Waals surface area contributed by atoms with Crippen molar-refractivity contribution < 1.29 is 18.7 Å². The summed E-state index contributed by atoms with van der Waals surface area (Å²) in [5.74, 6) is -0.376. The SMILES string of the molecule is CC(C[C]=O)N1CCN(C(=O)OCc2ccccc2F)CC1. The third-order valence-corrected chi connectivity index (χ3v) is 3.88. The molecule has 1 aromatic rings. The zero-order valence-electron chi connectivity index (χ0n) is 12.6. The van der Waals surface area contributed by atoms with Crippen LogP contribution >= 0.6 is 0 Å². The minimum atomic E-state index is -0.433. The van der Waals surface area contributed by atoms with Gasteiger partial charge in [0, 0.05) is 44.2 Å². The third-order valence-electron chi connectivity index (χ3n) is 3.88. The Kier molecular flexibility index (Phi) is 5.89. The topological polar surface area (TPSA) is 49.9 Å². The van der Waals surface area contributed by atoms with Gasteiger partial charge < -0.3 is 9.64 Å². The van der Waals surface area contributed by atoms with Gasteiger partial charge in [-0.3, -0.25) is 9.69 Å². The van der Waals surface area contributed by atoms with Gasteiger partial charge in [0.15, 0.2) is 6.29 Å². The van der Waals surface area contributed by atoms with Crippen molar-refractivity contribution in [2.24, 2.45) is 0 Å². The van der Waals surface area contributed by atoms with E-state index in [1.54, 1.807) is 23.1 Å². The lowest BCUT2D eigenvalue weighted by Gasteiger charge is -2.36. The molecule has 1 amide bonds. The Hall–Kier alpha value is -1.95. The number of hydrogen-bond acceptors (Lipinski definition) is 4. The highest BCUT2D eigenvalue weighted by Gasteiger charge is 2.24. The average molecular weight is 307 g/mol. The average Bonchev–Trinajstić information content (AvgIpc) is 2.54. The number of carbonyl (C=O) groups excluding carboxylic acids is 2. The summed E-state index contributed by atoms with van der Waals surface area (Å²) in [6.07, 6.45) is 1.85. The summed E-state index contributed by atoms with van der Waals surface area (Å²) in [6, 6.07) is 6.37. The fourth-order valence-electron chi connectivity index (χ4n) is 2.44. The molecule has 0 aliphatic carbocycles. The first-order valence-corrected chi connectivity index (χ1v) is 7.36. The molecule has 0 spiro atoms. The number of hydrogen-bond donors (Lipinski definition) is 0. The Balaban J connectivity index is 1.78. The van der Waals surface area contributed by atoms with Gasteiger partial charge in [-0.15, -0.1) is 0 Å². The van der Waals surface area contributed by atoms with Crippen LogP contribution in [-0.2, 0) is 16.1 Å². The van der Waals surface area contributed by atoms with Gasteiger partial charge in [0.2, 0.25) is 0 Å². The van der Waals surface area contributed by atoms with Gasteiger partial charge in [-0.05, 0) is 13.0 Å². The van der Waals surface area contributed by atoms with Crippen molar-refractivity contribution in [3.63, 3.8) is 0 Å². The van der Waals surface area contributed by atoms with Crippen LogP contribution in [0.25, 0.3) is 0 Å². The number of nitrogens with zero attached hydrogens (tertiary/aromatic N) is 2. The zero-order valence-corrected chi connectivity index (χ0v) is 12.6. The molecule has 1 unspecified atom stereocenters. The smallest absolute Gasteiger partial charge is 0.410 e. The molecule has 2 rings (SSSR count). The summed E-state index contributed by atoms with van der Waals surface area (Å²) >= 11 is 0. The number of benzene rings is 1. The Morgan fingerprint density at radius 3 is 2.64 bits per heavy atom. The molecular formula is C16H20FN2O3. The fraction of sp³-hybridized carbons (Fsp3) is 0.500. The molecule has 1 aliphatic heterocycles. The van der Waals surface area contributed by atoms with E-state index in [-0.39, 0.29) is 18.5 Å². The predicted molar refractivity (Wildman–Crippen MR) is 79.5 cm³/mol. The van der Waals surface area contributed by atoms with Crippen molar-refractivity contribution in [2.45, 2.75) is 26.0 Å². The molecule has 1 heterocycles. The van der Waals surface area contributed by atoms with Crippen LogP contribution in [0, 0.1) is 5.82 Å². The summed E-state index contributed by atoms with van der Waals surface area (Å²) < 4.78 is 18.6. The summed E-state index contributed by atoms with van der Waals surface area (Å²) in [7, 11) is 0. The first-order chi connectivity index (χ1) is 10.6. The predicted octanol–water partition coefficient (Wildman–Crippen LogP) is 1.97. The van der Waals surface area contributed by atoms with Gasteiger partial charge in [0.1, 0.15) is 12.4 Å². The fourth-order valence-corrected chi connectivity index (χ4v) is 2.44. The van der Waals surface area contributed by atoms with Crippen LogP contribution in [0.4, 0.5) is 9.18 Å². The molecule has 1 aromatic carbocycles. The van der Waals surface area contributed by atoms with Crippen molar-refractivity contribution in [1.82, 2.24) is 9.80 Å². The molecule has 1 fully saturated rings. The van der Waals surface area contributed by atoms with Gasteiger partial charge >= 0.3 is 6.09 Å². The van der Waals surface area contributed by atoms with Gasteiger partial charge in [-0.1, -0.05) is 18.2 Å². The van der Waals surface area contributed by atoms with Crippen molar-refractivity contribution >= 4 is 12.4 Å². The van der Waals surface area contributed by atoms with E-state index in [9.17, 15) is 14.0 Å². The number of piperazine rings is 1. The van der Waals surface area contributed by atoms with E-state index in [1.807, 2.05) is 13.2 Å². The second-order valence-corrected chi connectivity index (χ2v) is 5.37. The molecule has 1 atom stereocenters. The zero-order chi connectivity index (χ0) is 15.9. The molecule has 0 saturated carbocycles. The quantitative estimate of drug-likeness (QED) is 0.834. The molecule has 6 heteroatoms. The van der Waals surface area contributed by atoms with E-state index in [0.717, 1.165) is 0 Å². The van der Waals surface area contributed by atoms with Gasteiger partial charge in [-0.25, -0.2) is 9.18 Å². The molecule has 0 N–H and O–H groups in total. The maximum absolute atomic E-state index is 13.5. The molecule has 1 aliphatic rings. The second kappa shape index (κ2) is 7.89. The van der Waals surface area contributed by atoms with Crippen LogP contribution in [0.15, 0.2) is 24.3 Å². The minimum Gasteiger partial charge on any atom is -0.444 e. The van der Waals surface area contributed by atoms with E-state index in [4.69, 9.17) is 4.74 Å². The Morgan fingerprint density at radius 1 is 1.32 bits per heavy atom. The molecule has 0 aromatic heterocycles. The third kappa shape index (κ3) is 4.27. The van der Waals surface area contributed by atoms with E-state index >= 15 is 0 Å². The maximum atomic E-state index is 13.5. The van der Waals surface area contributed by atoms with Gasteiger partial charge in [0.25, 0.3) is 0 Å². The van der Waals surface area contributed by atoms with Gasteiger partial charge in [0.05, 0.1) is 0 Å². The Labute approximate surface area is 129 Å². The van der Waals surface area contributed by atoms with Crippen LogP contribution < -0.4 is 0 Å². The minimum absolute atomic E-state index is 0.0672. The van der Waals surface area contributed by atoms with E-state index in [2.05, 4.69) is 4.90 Å². The normalized spacial score (nSPS) is 17.1. The lowest BCUT2D eigenvalue weighted by Crippen LogP contribution is -2.51. The highest BCUT2D eigenvalue weighted by molar-refractivity contribution is 5.67. The standard InChI is InChI=1S/C16H20FN2O3/c1-13(6-11-20)18-7-9-19(10-8-18)16(21)22-12-14-4-2-3-5-15(14)17/h2-5,13H,6-10,12H2,1H3. The number of halogens is 1. The summed E-state index contributed by atoms with van der Waals surface area (Å²) in [4.78, 5) is 26.1. The van der Waals surface area contributed by atoms with Crippen LogP contribution in [0.3, 0.4) is 0 Å². The lowest BCUT2D eigenvalue weighted by molar-refractivity contribution is 0.0623. The van der Waals surface area contributed by atoms with Crippen molar-refractivity contribution in [3.05, 3.63) is 35.6 Å². The van der Waals surface area contributed by atoms with Gasteiger partial charge in [-0.2, -0.15) is 0 Å². The molecule has 5 nitrogen and oxygen atoms in total. The molecule has 1 saturated heterocycles. The van der Waals surface area contributed by atoms with Crippen molar-refractivity contribution in [2.75, 3.05) is 26.2 Å². The maximum Gasteiger partial charge on any atom is 0.410 e. The number of ether oxygens (including phenoxy) is 1. The molecule has 22 heavy (non-hydrogen) atoms. The first kappa shape index (κ1) is 16.4. The lowest BCUT2D eigenvalue weighted by atomic mass is 10.2. The van der Waals surface area contributed by atoms with E-state index in [0.29, 0.717) is 38.2 Å². The molecule has 0 bridgehead atoms. The second-order valence-electron chi connectivity index (χ2n) is 5.37.